The Morgan fingerprint density at radius 2 is 1.32 bits per heavy atom. The maximum Gasteiger partial charge on any atom is 0.264 e. The molecule has 0 aliphatic carbocycles. The molecule has 0 aliphatic rings. The van der Waals surface area contributed by atoms with Gasteiger partial charge in [-0.25, -0.2) is 8.42 Å². The van der Waals surface area contributed by atoms with Crippen molar-refractivity contribution in [2.75, 3.05) is 10.8 Å². The molecule has 50 heavy (non-hydrogen) atoms. The quantitative estimate of drug-likeness (QED) is 0.119. The van der Waals surface area contributed by atoms with Gasteiger partial charge in [-0.1, -0.05) is 103 Å². The number of para-hydroxylation sites is 1. The third kappa shape index (κ3) is 9.31. The van der Waals surface area contributed by atoms with Gasteiger partial charge in [-0.15, -0.1) is 0 Å². The van der Waals surface area contributed by atoms with Crippen molar-refractivity contribution in [3.63, 3.8) is 0 Å². The minimum atomic E-state index is -4.24. The van der Waals surface area contributed by atoms with Crippen LogP contribution >= 0.6 is 11.6 Å². The van der Waals surface area contributed by atoms with E-state index in [1.807, 2.05) is 74.5 Å². The van der Waals surface area contributed by atoms with E-state index in [4.69, 9.17) is 16.3 Å². The SMILES string of the molecule is CCC(C)NC(=O)C(Cc1ccccc1)N(Cc1ccccc1Cl)C(=O)CN(c1ccc(Oc2ccccc2)cc1)S(=O)(=O)c1ccccc1. The van der Waals surface area contributed by atoms with Crippen LogP contribution in [-0.2, 0) is 32.6 Å². The molecule has 0 radical (unpaired) electrons. The van der Waals surface area contributed by atoms with Gasteiger partial charge in [0.25, 0.3) is 10.0 Å². The summed E-state index contributed by atoms with van der Waals surface area (Å²) in [6.07, 6.45) is 0.894. The fourth-order valence-electron chi connectivity index (χ4n) is 5.36. The molecule has 258 valence electrons. The van der Waals surface area contributed by atoms with E-state index in [1.165, 1.54) is 17.0 Å². The number of sulfonamides is 1. The molecule has 5 aromatic carbocycles. The van der Waals surface area contributed by atoms with Crippen LogP contribution in [0.5, 0.6) is 11.5 Å². The second-order valence-electron chi connectivity index (χ2n) is 11.9. The first-order chi connectivity index (χ1) is 24.2. The van der Waals surface area contributed by atoms with E-state index in [1.54, 1.807) is 66.7 Å². The van der Waals surface area contributed by atoms with Crippen molar-refractivity contribution in [3.8, 4) is 11.5 Å². The number of carbonyl (C=O) groups excluding carboxylic acids is 2. The minimum Gasteiger partial charge on any atom is -0.457 e. The number of carbonyl (C=O) groups is 2. The number of rotatable bonds is 15. The first-order valence-corrected chi connectivity index (χ1v) is 18.3. The molecule has 2 atom stereocenters. The maximum atomic E-state index is 14.7. The van der Waals surface area contributed by atoms with Gasteiger partial charge in [0.15, 0.2) is 0 Å². The number of amides is 2. The molecule has 0 bridgehead atoms. The van der Waals surface area contributed by atoms with E-state index in [9.17, 15) is 18.0 Å². The van der Waals surface area contributed by atoms with Crippen molar-refractivity contribution in [2.24, 2.45) is 0 Å². The zero-order valence-electron chi connectivity index (χ0n) is 28.0. The van der Waals surface area contributed by atoms with Crippen LogP contribution in [0.3, 0.4) is 0 Å². The van der Waals surface area contributed by atoms with Gasteiger partial charge in [-0.3, -0.25) is 13.9 Å². The van der Waals surface area contributed by atoms with Crippen LogP contribution in [-0.4, -0.2) is 43.8 Å². The summed E-state index contributed by atoms with van der Waals surface area (Å²) in [5, 5.41) is 3.47. The molecule has 0 heterocycles. The van der Waals surface area contributed by atoms with Crippen molar-refractivity contribution in [1.82, 2.24) is 10.2 Å². The average molecular weight is 710 g/mol. The lowest BCUT2D eigenvalue weighted by Crippen LogP contribution is -2.54. The van der Waals surface area contributed by atoms with Crippen LogP contribution in [0.2, 0.25) is 5.02 Å². The molecule has 8 nitrogen and oxygen atoms in total. The number of nitrogens with one attached hydrogen (secondary N) is 1. The summed E-state index contributed by atoms with van der Waals surface area (Å²) >= 11 is 6.59. The third-order valence-electron chi connectivity index (χ3n) is 8.28. The van der Waals surface area contributed by atoms with Crippen LogP contribution in [0.15, 0.2) is 144 Å². The third-order valence-corrected chi connectivity index (χ3v) is 10.4. The molecular formula is C40H40ClN3O5S. The molecule has 10 heteroatoms. The highest BCUT2D eigenvalue weighted by atomic mass is 35.5. The van der Waals surface area contributed by atoms with E-state index in [2.05, 4.69) is 5.32 Å². The zero-order chi connectivity index (χ0) is 35.5. The summed E-state index contributed by atoms with van der Waals surface area (Å²) in [5.74, 6) is 0.200. The van der Waals surface area contributed by atoms with Gasteiger partial charge in [0.05, 0.1) is 10.6 Å². The Morgan fingerprint density at radius 3 is 1.94 bits per heavy atom. The highest BCUT2D eigenvalue weighted by Crippen LogP contribution is 2.29. The lowest BCUT2D eigenvalue weighted by Gasteiger charge is -2.34. The van der Waals surface area contributed by atoms with Gasteiger partial charge in [0, 0.05) is 24.0 Å². The normalized spacial score (nSPS) is 12.4. The average Bonchev–Trinajstić information content (AvgIpc) is 3.14. The van der Waals surface area contributed by atoms with Crippen LogP contribution in [0.1, 0.15) is 31.4 Å². The Kier molecular flexibility index (Phi) is 12.3. The predicted octanol–water partition coefficient (Wildman–Crippen LogP) is 7.88. The topological polar surface area (TPSA) is 96.0 Å². The largest absolute Gasteiger partial charge is 0.457 e. The van der Waals surface area contributed by atoms with Gasteiger partial charge < -0.3 is 15.0 Å². The Morgan fingerprint density at radius 1 is 0.760 bits per heavy atom. The number of ether oxygens (including phenoxy) is 1. The molecule has 0 spiro atoms. The lowest BCUT2D eigenvalue weighted by atomic mass is 10.0. The molecule has 1 N–H and O–H groups in total. The highest BCUT2D eigenvalue weighted by Gasteiger charge is 2.35. The summed E-state index contributed by atoms with van der Waals surface area (Å²) in [6.45, 7) is 3.26. The van der Waals surface area contributed by atoms with Crippen molar-refractivity contribution in [2.45, 2.75) is 50.2 Å². The van der Waals surface area contributed by atoms with Gasteiger partial charge in [-0.05, 0) is 79.1 Å². The fourth-order valence-corrected chi connectivity index (χ4v) is 6.99. The summed E-state index contributed by atoms with van der Waals surface area (Å²) in [5.41, 5.74) is 1.72. The smallest absolute Gasteiger partial charge is 0.264 e. The Bertz CT molecular complexity index is 1960. The molecule has 2 unspecified atom stereocenters. The Labute approximate surface area is 299 Å². The molecule has 5 rings (SSSR count). The molecule has 2 amide bonds. The second-order valence-corrected chi connectivity index (χ2v) is 14.1. The number of halogens is 1. The Hall–Kier alpha value is -5.12. The van der Waals surface area contributed by atoms with Crippen LogP contribution in [0.4, 0.5) is 5.69 Å². The number of nitrogens with zero attached hydrogens (tertiary/aromatic N) is 2. The number of hydrogen-bond donors (Lipinski definition) is 1. The van der Waals surface area contributed by atoms with Gasteiger partial charge in [-0.2, -0.15) is 0 Å². The fraction of sp³-hybridized carbons (Fsp3) is 0.200. The molecule has 0 saturated carbocycles. The molecule has 0 fully saturated rings. The van der Waals surface area contributed by atoms with Crippen molar-refractivity contribution < 1.29 is 22.7 Å². The molecule has 0 aliphatic heterocycles. The van der Waals surface area contributed by atoms with Crippen LogP contribution in [0, 0.1) is 0 Å². The van der Waals surface area contributed by atoms with Crippen LogP contribution in [0.25, 0.3) is 0 Å². The first-order valence-electron chi connectivity index (χ1n) is 16.4. The summed E-state index contributed by atoms with van der Waals surface area (Å²) < 4.78 is 35.6. The van der Waals surface area contributed by atoms with Gasteiger partial charge in [0.2, 0.25) is 11.8 Å². The number of benzene rings is 5. The molecule has 0 aromatic heterocycles. The van der Waals surface area contributed by atoms with Crippen molar-refractivity contribution in [3.05, 3.63) is 156 Å². The molecule has 0 saturated heterocycles. The van der Waals surface area contributed by atoms with E-state index >= 15 is 0 Å². The molecule has 5 aromatic rings. The predicted molar refractivity (Wildman–Crippen MR) is 198 cm³/mol. The monoisotopic (exact) mass is 709 g/mol. The van der Waals surface area contributed by atoms with E-state index in [0.29, 0.717) is 28.5 Å². The number of hydrogen-bond acceptors (Lipinski definition) is 5. The molecular weight excluding hydrogens is 670 g/mol. The van der Waals surface area contributed by atoms with Crippen LogP contribution < -0.4 is 14.4 Å². The van der Waals surface area contributed by atoms with Gasteiger partial charge >= 0.3 is 0 Å². The lowest BCUT2D eigenvalue weighted by molar-refractivity contribution is -0.140. The van der Waals surface area contributed by atoms with E-state index < -0.39 is 28.5 Å². The Balaban J connectivity index is 1.56. The van der Waals surface area contributed by atoms with Gasteiger partial charge in [0.1, 0.15) is 24.1 Å². The van der Waals surface area contributed by atoms with Crippen molar-refractivity contribution in [1.29, 1.82) is 0 Å². The second kappa shape index (κ2) is 17.0. The summed E-state index contributed by atoms with van der Waals surface area (Å²) in [6, 6.07) is 39.1. The minimum absolute atomic E-state index is 0.0189. The highest BCUT2D eigenvalue weighted by molar-refractivity contribution is 7.92. The van der Waals surface area contributed by atoms with E-state index in [0.717, 1.165) is 9.87 Å². The summed E-state index contributed by atoms with van der Waals surface area (Å²) in [4.78, 5) is 30.2. The summed E-state index contributed by atoms with van der Waals surface area (Å²) in [7, 11) is -4.24. The van der Waals surface area contributed by atoms with Crippen molar-refractivity contribution >= 4 is 39.1 Å². The first kappa shape index (κ1) is 36.2. The van der Waals surface area contributed by atoms with E-state index in [-0.39, 0.29) is 35.5 Å². The standard InChI is InChI=1S/C40H40ClN3O5S/c1-3-30(2)42-40(46)38(27-31-15-7-4-8-16-31)43(28-32-17-13-14-22-37(32)41)39(45)29-44(50(47,48)36-20-11-6-12-21-36)33-23-25-35(26-24-33)49-34-18-9-5-10-19-34/h4-26,30,38H,3,27-29H2,1-2H3,(H,42,46). The number of anilines is 1. The maximum absolute atomic E-state index is 14.7. The zero-order valence-corrected chi connectivity index (χ0v) is 29.6.